The Bertz CT molecular complexity index is 839. The van der Waals surface area contributed by atoms with Gasteiger partial charge in [-0.1, -0.05) is 62.6 Å². The highest BCUT2D eigenvalue weighted by molar-refractivity contribution is 6.30. The molecule has 2 aromatic rings. The SMILES string of the molecule is CCC(C)c1ccc(NC(=O)COC(=O)C2(c3ccc(Cl)cc3)CCCC2)cc1. The van der Waals surface area contributed by atoms with Gasteiger partial charge in [-0.3, -0.25) is 9.59 Å². The summed E-state index contributed by atoms with van der Waals surface area (Å²) in [6, 6.07) is 15.1. The van der Waals surface area contributed by atoms with E-state index in [9.17, 15) is 9.59 Å². The van der Waals surface area contributed by atoms with E-state index in [1.165, 1.54) is 5.56 Å². The molecular weight excluding hydrogens is 386 g/mol. The smallest absolute Gasteiger partial charge is 0.317 e. The Morgan fingerprint density at radius 2 is 1.69 bits per heavy atom. The van der Waals surface area contributed by atoms with Crippen molar-refractivity contribution < 1.29 is 14.3 Å². The first kappa shape index (κ1) is 21.4. The predicted octanol–water partition coefficient (Wildman–Crippen LogP) is 5.85. The summed E-state index contributed by atoms with van der Waals surface area (Å²) in [5.74, 6) is -0.186. The first-order valence-electron chi connectivity index (χ1n) is 10.3. The quantitative estimate of drug-likeness (QED) is 0.579. The van der Waals surface area contributed by atoms with Gasteiger partial charge in [-0.05, 0) is 60.6 Å². The van der Waals surface area contributed by atoms with Crippen LogP contribution in [0.3, 0.4) is 0 Å². The Morgan fingerprint density at radius 3 is 2.28 bits per heavy atom. The van der Waals surface area contributed by atoms with Gasteiger partial charge in [0.15, 0.2) is 6.61 Å². The van der Waals surface area contributed by atoms with E-state index >= 15 is 0 Å². The number of carbonyl (C=O) groups is 2. The molecule has 0 bridgehead atoms. The van der Waals surface area contributed by atoms with E-state index < -0.39 is 5.41 Å². The summed E-state index contributed by atoms with van der Waals surface area (Å²) in [4.78, 5) is 25.2. The fourth-order valence-electron chi connectivity index (χ4n) is 3.96. The lowest BCUT2D eigenvalue weighted by Crippen LogP contribution is -2.36. The molecule has 1 amide bonds. The van der Waals surface area contributed by atoms with Gasteiger partial charge in [0.25, 0.3) is 5.91 Å². The van der Waals surface area contributed by atoms with Crippen LogP contribution in [0.25, 0.3) is 0 Å². The topological polar surface area (TPSA) is 55.4 Å². The number of carbonyl (C=O) groups excluding carboxylic acids is 2. The van der Waals surface area contributed by atoms with Gasteiger partial charge in [0.2, 0.25) is 0 Å². The first-order chi connectivity index (χ1) is 13.9. The lowest BCUT2D eigenvalue weighted by molar-refractivity contribution is -0.153. The number of anilines is 1. The van der Waals surface area contributed by atoms with Crippen LogP contribution < -0.4 is 5.32 Å². The van der Waals surface area contributed by atoms with Crippen LogP contribution in [-0.4, -0.2) is 18.5 Å². The maximum atomic E-state index is 12.9. The molecule has 0 radical (unpaired) electrons. The van der Waals surface area contributed by atoms with Crippen LogP contribution in [0.4, 0.5) is 5.69 Å². The van der Waals surface area contributed by atoms with Crippen molar-refractivity contribution >= 4 is 29.2 Å². The van der Waals surface area contributed by atoms with E-state index in [2.05, 4.69) is 19.2 Å². The van der Waals surface area contributed by atoms with Crippen molar-refractivity contribution in [3.8, 4) is 0 Å². The van der Waals surface area contributed by atoms with E-state index in [4.69, 9.17) is 16.3 Å². The number of amides is 1. The summed E-state index contributed by atoms with van der Waals surface area (Å²) in [6.07, 6.45) is 4.45. The molecule has 1 fully saturated rings. The van der Waals surface area contributed by atoms with Crippen LogP contribution in [0, 0.1) is 0 Å². The van der Waals surface area contributed by atoms with Crippen LogP contribution in [0.1, 0.15) is 63.0 Å². The number of rotatable bonds is 7. The summed E-state index contributed by atoms with van der Waals surface area (Å²) >= 11 is 5.99. The molecule has 29 heavy (non-hydrogen) atoms. The number of nitrogens with one attached hydrogen (secondary N) is 1. The summed E-state index contributed by atoms with van der Waals surface area (Å²) in [7, 11) is 0. The van der Waals surface area contributed by atoms with Crippen LogP contribution in [0.15, 0.2) is 48.5 Å². The van der Waals surface area contributed by atoms with Crippen molar-refractivity contribution in [2.75, 3.05) is 11.9 Å². The lowest BCUT2D eigenvalue weighted by atomic mass is 9.79. The van der Waals surface area contributed by atoms with Crippen LogP contribution in [0.5, 0.6) is 0 Å². The Kier molecular flexibility index (Phi) is 6.96. The van der Waals surface area contributed by atoms with E-state index in [-0.39, 0.29) is 18.5 Å². The summed E-state index contributed by atoms with van der Waals surface area (Å²) in [5.41, 5.74) is 2.17. The Balaban J connectivity index is 1.60. The second kappa shape index (κ2) is 9.45. The molecule has 0 saturated heterocycles. The van der Waals surface area contributed by atoms with Crippen LogP contribution >= 0.6 is 11.6 Å². The van der Waals surface area contributed by atoms with Gasteiger partial charge >= 0.3 is 5.97 Å². The van der Waals surface area contributed by atoms with E-state index in [0.717, 1.165) is 37.7 Å². The molecule has 4 nitrogen and oxygen atoms in total. The molecule has 1 aliphatic carbocycles. The van der Waals surface area contributed by atoms with Crippen molar-refractivity contribution in [3.63, 3.8) is 0 Å². The molecule has 5 heteroatoms. The maximum absolute atomic E-state index is 12.9. The molecule has 1 atom stereocenters. The first-order valence-corrected chi connectivity index (χ1v) is 10.7. The third-order valence-electron chi connectivity index (χ3n) is 5.95. The fraction of sp³-hybridized carbons (Fsp3) is 0.417. The molecule has 1 N–H and O–H groups in total. The van der Waals surface area contributed by atoms with Gasteiger partial charge in [0.05, 0.1) is 5.41 Å². The molecule has 0 spiro atoms. The summed E-state index contributed by atoms with van der Waals surface area (Å²) in [6.45, 7) is 4.03. The van der Waals surface area contributed by atoms with Gasteiger partial charge in [-0.15, -0.1) is 0 Å². The molecule has 2 aromatic carbocycles. The Hall–Kier alpha value is -2.33. The molecule has 1 saturated carbocycles. The molecule has 154 valence electrons. The van der Waals surface area contributed by atoms with Crippen LogP contribution in [-0.2, 0) is 19.7 Å². The van der Waals surface area contributed by atoms with Gasteiger partial charge in [0.1, 0.15) is 0 Å². The molecule has 1 unspecified atom stereocenters. The number of hydrogen-bond donors (Lipinski definition) is 1. The third kappa shape index (κ3) is 4.99. The largest absolute Gasteiger partial charge is 0.455 e. The van der Waals surface area contributed by atoms with Crippen LogP contribution in [0.2, 0.25) is 5.02 Å². The summed E-state index contributed by atoms with van der Waals surface area (Å²) < 4.78 is 5.44. The lowest BCUT2D eigenvalue weighted by Gasteiger charge is -2.27. The van der Waals surface area contributed by atoms with Crippen molar-refractivity contribution in [2.24, 2.45) is 0 Å². The molecule has 0 heterocycles. The number of esters is 1. The normalized spacial score (nSPS) is 16.2. The average Bonchev–Trinajstić information content (AvgIpc) is 3.23. The van der Waals surface area contributed by atoms with Crippen molar-refractivity contribution in [1.29, 1.82) is 0 Å². The van der Waals surface area contributed by atoms with Gasteiger partial charge in [-0.2, -0.15) is 0 Å². The minimum absolute atomic E-state index is 0.290. The third-order valence-corrected chi connectivity index (χ3v) is 6.21. The van der Waals surface area contributed by atoms with E-state index in [1.54, 1.807) is 12.1 Å². The highest BCUT2D eigenvalue weighted by atomic mass is 35.5. The second-order valence-corrected chi connectivity index (χ2v) is 8.29. The molecule has 3 rings (SSSR count). The Morgan fingerprint density at radius 1 is 1.07 bits per heavy atom. The Labute approximate surface area is 177 Å². The molecular formula is C24H28ClNO3. The van der Waals surface area contributed by atoms with Crippen molar-refractivity contribution in [2.45, 2.75) is 57.3 Å². The number of halogens is 1. The van der Waals surface area contributed by atoms with Crippen molar-refractivity contribution in [1.82, 2.24) is 0 Å². The van der Waals surface area contributed by atoms with E-state index in [1.807, 2.05) is 36.4 Å². The second-order valence-electron chi connectivity index (χ2n) is 7.85. The van der Waals surface area contributed by atoms with Crippen molar-refractivity contribution in [3.05, 3.63) is 64.7 Å². The fourth-order valence-corrected chi connectivity index (χ4v) is 4.08. The highest BCUT2D eigenvalue weighted by Gasteiger charge is 2.44. The monoisotopic (exact) mass is 413 g/mol. The minimum Gasteiger partial charge on any atom is -0.455 e. The zero-order chi connectivity index (χ0) is 20.9. The number of benzene rings is 2. The highest BCUT2D eigenvalue weighted by Crippen LogP contribution is 2.42. The standard InChI is InChI=1S/C24H28ClNO3/c1-3-17(2)18-6-12-21(13-7-18)26-22(27)16-29-23(28)24(14-4-5-15-24)19-8-10-20(25)11-9-19/h6-13,17H,3-5,14-16H2,1-2H3,(H,26,27). The minimum atomic E-state index is -0.678. The van der Waals surface area contributed by atoms with Gasteiger partial charge in [0, 0.05) is 10.7 Å². The molecule has 1 aliphatic rings. The molecule has 0 aliphatic heterocycles. The van der Waals surface area contributed by atoms with Gasteiger partial charge in [-0.25, -0.2) is 0 Å². The van der Waals surface area contributed by atoms with E-state index in [0.29, 0.717) is 16.6 Å². The maximum Gasteiger partial charge on any atom is 0.317 e. The summed E-state index contributed by atoms with van der Waals surface area (Å²) in [5, 5.41) is 3.43. The number of hydrogen-bond acceptors (Lipinski definition) is 3. The average molecular weight is 414 g/mol. The zero-order valence-corrected chi connectivity index (χ0v) is 17.8. The number of ether oxygens (including phenoxy) is 1. The van der Waals surface area contributed by atoms with Gasteiger partial charge < -0.3 is 10.1 Å². The molecule has 0 aromatic heterocycles. The zero-order valence-electron chi connectivity index (χ0n) is 17.0. The predicted molar refractivity (Wildman–Crippen MR) is 116 cm³/mol.